The topological polar surface area (TPSA) is 68.2 Å². The summed E-state index contributed by atoms with van der Waals surface area (Å²) in [7, 11) is 1.98. The molecular formula is C16H24IN5. The van der Waals surface area contributed by atoms with E-state index in [1.54, 1.807) is 0 Å². The maximum atomic E-state index is 5.87. The summed E-state index contributed by atoms with van der Waals surface area (Å²) in [6.45, 7) is 4.86. The molecule has 0 unspecified atom stereocenters. The van der Waals surface area contributed by atoms with E-state index < -0.39 is 0 Å². The Hall–Kier alpha value is -1.57. The van der Waals surface area contributed by atoms with Crippen LogP contribution >= 0.6 is 24.0 Å². The fraction of sp³-hybridized carbons (Fsp3) is 0.375. The van der Waals surface area contributed by atoms with Gasteiger partial charge < -0.3 is 11.1 Å². The molecule has 0 fully saturated rings. The Morgan fingerprint density at radius 3 is 2.55 bits per heavy atom. The van der Waals surface area contributed by atoms with E-state index in [-0.39, 0.29) is 24.0 Å². The van der Waals surface area contributed by atoms with Gasteiger partial charge in [-0.25, -0.2) is 0 Å². The molecule has 0 aliphatic rings. The first-order chi connectivity index (χ1) is 10.1. The molecule has 0 spiro atoms. The molecule has 5 nitrogen and oxygen atoms in total. The maximum absolute atomic E-state index is 5.87. The van der Waals surface area contributed by atoms with Crippen LogP contribution in [-0.4, -0.2) is 22.3 Å². The molecule has 0 atom stereocenters. The van der Waals surface area contributed by atoms with Gasteiger partial charge in [-0.2, -0.15) is 5.10 Å². The minimum Gasteiger partial charge on any atom is -0.370 e. The molecule has 0 amide bonds. The number of nitrogens with zero attached hydrogens (tertiary/aromatic N) is 3. The number of aliphatic imine (C=N–C) groups is 1. The number of benzene rings is 1. The van der Waals surface area contributed by atoms with E-state index >= 15 is 0 Å². The van der Waals surface area contributed by atoms with Crippen molar-refractivity contribution in [1.29, 1.82) is 0 Å². The average Bonchev–Trinajstić information content (AvgIpc) is 2.70. The molecule has 2 aromatic rings. The van der Waals surface area contributed by atoms with Crippen molar-refractivity contribution in [3.63, 3.8) is 0 Å². The summed E-state index contributed by atoms with van der Waals surface area (Å²) in [5.74, 6) is 0.459. The number of guanidine groups is 1. The number of halogens is 1. The van der Waals surface area contributed by atoms with Gasteiger partial charge >= 0.3 is 0 Å². The lowest BCUT2D eigenvalue weighted by atomic mass is 10.1. The number of nitrogens with one attached hydrogen (secondary N) is 1. The normalized spacial score (nSPS) is 11.1. The van der Waals surface area contributed by atoms with Gasteiger partial charge in [0.1, 0.15) is 0 Å². The van der Waals surface area contributed by atoms with Gasteiger partial charge in [0.25, 0.3) is 0 Å². The van der Waals surface area contributed by atoms with E-state index in [2.05, 4.69) is 29.3 Å². The van der Waals surface area contributed by atoms with Crippen LogP contribution in [-0.2, 0) is 13.5 Å². The Morgan fingerprint density at radius 2 is 1.95 bits per heavy atom. The zero-order chi connectivity index (χ0) is 15.2. The summed E-state index contributed by atoms with van der Waals surface area (Å²) in [5, 5.41) is 7.50. The average molecular weight is 413 g/mol. The smallest absolute Gasteiger partial charge is 0.193 e. The third-order valence-corrected chi connectivity index (χ3v) is 3.57. The van der Waals surface area contributed by atoms with Crippen molar-refractivity contribution in [2.75, 3.05) is 11.9 Å². The molecule has 1 heterocycles. The lowest BCUT2D eigenvalue weighted by molar-refractivity contribution is 0.728. The van der Waals surface area contributed by atoms with Crippen molar-refractivity contribution >= 4 is 35.6 Å². The van der Waals surface area contributed by atoms with Crippen LogP contribution in [0.2, 0.25) is 0 Å². The minimum atomic E-state index is 0. The van der Waals surface area contributed by atoms with Crippen molar-refractivity contribution in [1.82, 2.24) is 9.78 Å². The molecule has 0 saturated heterocycles. The second-order valence-electron chi connectivity index (χ2n) is 5.13. The van der Waals surface area contributed by atoms with Crippen molar-refractivity contribution < 1.29 is 0 Å². The van der Waals surface area contributed by atoms with Gasteiger partial charge in [-0.15, -0.1) is 24.0 Å². The zero-order valence-electron chi connectivity index (χ0n) is 13.3. The van der Waals surface area contributed by atoms with Crippen molar-refractivity contribution in [2.45, 2.75) is 26.7 Å². The standard InChI is InChI=1S/C16H23N5.HI/c1-12-15(13(2)21(3)20-12)10-7-11-18-16(17)19-14-8-5-4-6-9-14;/h4-6,8-9H,7,10-11H2,1-3H3,(H3,17,18,19);1H. The monoisotopic (exact) mass is 413 g/mol. The summed E-state index contributed by atoms with van der Waals surface area (Å²) in [6.07, 6.45) is 1.94. The highest BCUT2D eigenvalue weighted by molar-refractivity contribution is 14.0. The summed E-state index contributed by atoms with van der Waals surface area (Å²) < 4.78 is 1.93. The van der Waals surface area contributed by atoms with E-state index in [4.69, 9.17) is 5.73 Å². The van der Waals surface area contributed by atoms with Crippen LogP contribution in [0.15, 0.2) is 35.3 Å². The number of aromatic nitrogens is 2. The molecule has 3 N–H and O–H groups in total. The van der Waals surface area contributed by atoms with Crippen LogP contribution in [0, 0.1) is 13.8 Å². The largest absolute Gasteiger partial charge is 0.370 e. The predicted octanol–water partition coefficient (Wildman–Crippen LogP) is 3.01. The third-order valence-electron chi connectivity index (χ3n) is 3.57. The first-order valence-corrected chi connectivity index (χ1v) is 7.19. The van der Waals surface area contributed by atoms with Gasteiger partial charge in [0.2, 0.25) is 0 Å². The van der Waals surface area contributed by atoms with Crippen molar-refractivity contribution in [3.8, 4) is 0 Å². The van der Waals surface area contributed by atoms with E-state index in [1.165, 1.54) is 11.3 Å². The maximum Gasteiger partial charge on any atom is 0.193 e. The fourth-order valence-electron chi connectivity index (χ4n) is 2.34. The van der Waals surface area contributed by atoms with E-state index in [1.807, 2.05) is 42.1 Å². The number of para-hydroxylation sites is 1. The highest BCUT2D eigenvalue weighted by Gasteiger charge is 2.08. The highest BCUT2D eigenvalue weighted by atomic mass is 127. The van der Waals surface area contributed by atoms with E-state index in [0.717, 1.165) is 24.2 Å². The van der Waals surface area contributed by atoms with Crippen molar-refractivity contribution in [3.05, 3.63) is 47.3 Å². The van der Waals surface area contributed by atoms with Gasteiger partial charge in [-0.05, 0) is 44.4 Å². The van der Waals surface area contributed by atoms with Gasteiger partial charge in [-0.1, -0.05) is 18.2 Å². The molecule has 6 heteroatoms. The second kappa shape index (κ2) is 8.77. The minimum absolute atomic E-state index is 0. The molecule has 0 saturated carbocycles. The Morgan fingerprint density at radius 1 is 1.27 bits per heavy atom. The molecule has 120 valence electrons. The Bertz CT molecular complexity index is 619. The third kappa shape index (κ3) is 5.01. The lowest BCUT2D eigenvalue weighted by Gasteiger charge is -2.05. The molecule has 0 radical (unpaired) electrons. The van der Waals surface area contributed by atoms with Gasteiger partial charge in [0, 0.05) is 25.0 Å². The molecule has 1 aromatic heterocycles. The highest BCUT2D eigenvalue weighted by Crippen LogP contribution is 2.13. The first-order valence-electron chi connectivity index (χ1n) is 7.19. The van der Waals surface area contributed by atoms with Crippen LogP contribution in [0.3, 0.4) is 0 Å². The van der Waals surface area contributed by atoms with Crippen LogP contribution in [0.4, 0.5) is 5.69 Å². The van der Waals surface area contributed by atoms with Gasteiger partial charge in [0.15, 0.2) is 5.96 Å². The van der Waals surface area contributed by atoms with Crippen LogP contribution in [0.1, 0.15) is 23.4 Å². The second-order valence-corrected chi connectivity index (χ2v) is 5.13. The number of hydrogen-bond acceptors (Lipinski definition) is 2. The molecule has 1 aromatic carbocycles. The fourth-order valence-corrected chi connectivity index (χ4v) is 2.34. The van der Waals surface area contributed by atoms with Crippen LogP contribution in [0.5, 0.6) is 0 Å². The van der Waals surface area contributed by atoms with E-state index in [9.17, 15) is 0 Å². The van der Waals surface area contributed by atoms with Gasteiger partial charge in [-0.3, -0.25) is 9.67 Å². The Balaban J connectivity index is 0.00000242. The van der Waals surface area contributed by atoms with Crippen LogP contribution in [0.25, 0.3) is 0 Å². The molecule has 0 bridgehead atoms. The lowest BCUT2D eigenvalue weighted by Crippen LogP contribution is -2.22. The number of aryl methyl sites for hydroxylation is 2. The first kappa shape index (κ1) is 18.5. The zero-order valence-corrected chi connectivity index (χ0v) is 15.7. The SMILES string of the molecule is Cc1nn(C)c(C)c1CCCN=C(N)Nc1ccccc1.I. The number of rotatable bonds is 5. The molecule has 0 aliphatic heterocycles. The summed E-state index contributed by atoms with van der Waals surface area (Å²) in [5.41, 5.74) is 10.5. The van der Waals surface area contributed by atoms with Crippen molar-refractivity contribution in [2.24, 2.45) is 17.8 Å². The molecule has 2 rings (SSSR count). The summed E-state index contributed by atoms with van der Waals surface area (Å²) in [4.78, 5) is 4.36. The predicted molar refractivity (Wildman–Crippen MR) is 103 cm³/mol. The number of anilines is 1. The molecule has 0 aliphatic carbocycles. The van der Waals surface area contributed by atoms with E-state index in [0.29, 0.717) is 12.5 Å². The molecule has 22 heavy (non-hydrogen) atoms. The van der Waals surface area contributed by atoms with Crippen LogP contribution < -0.4 is 11.1 Å². The number of hydrogen-bond donors (Lipinski definition) is 2. The molecular weight excluding hydrogens is 389 g/mol. The van der Waals surface area contributed by atoms with Gasteiger partial charge in [0.05, 0.1) is 5.69 Å². The quantitative estimate of drug-likeness (QED) is 0.343. The summed E-state index contributed by atoms with van der Waals surface area (Å²) >= 11 is 0. The Kier molecular flexibility index (Phi) is 7.37. The Labute approximate surface area is 149 Å². The summed E-state index contributed by atoms with van der Waals surface area (Å²) in [6, 6.07) is 9.82. The number of nitrogens with two attached hydrogens (primary N) is 1.